The van der Waals surface area contributed by atoms with Crippen LogP contribution < -0.4 is 0 Å². The molecule has 0 aromatic rings. The van der Waals surface area contributed by atoms with Crippen LogP contribution in [0.2, 0.25) is 0 Å². The smallest absolute Gasteiger partial charge is 0.0626 e. The summed E-state index contributed by atoms with van der Waals surface area (Å²) in [4.78, 5) is 0. The summed E-state index contributed by atoms with van der Waals surface area (Å²) in [6.45, 7) is 2.12. The average Bonchev–Trinajstić information content (AvgIpc) is 1.94. The quantitative estimate of drug-likeness (QED) is 0.551. The van der Waals surface area contributed by atoms with Gasteiger partial charge in [0.05, 0.1) is 6.61 Å². The predicted molar refractivity (Wildman–Crippen MR) is 50.2 cm³/mol. The molecule has 1 heterocycles. The highest BCUT2D eigenvalue weighted by molar-refractivity contribution is 14.1. The zero-order valence-electron chi connectivity index (χ0n) is 6.35. The van der Waals surface area contributed by atoms with E-state index in [0.717, 1.165) is 6.61 Å². The number of rotatable bonds is 2. The van der Waals surface area contributed by atoms with Gasteiger partial charge in [-0.15, -0.1) is 0 Å². The Balaban J connectivity index is 2.25. The van der Waals surface area contributed by atoms with E-state index in [1.165, 1.54) is 25.8 Å². The summed E-state index contributed by atoms with van der Waals surface area (Å²) in [7, 11) is 1.78. The molecule has 10 heavy (non-hydrogen) atoms. The third-order valence-corrected chi connectivity index (χ3v) is 3.18. The minimum Gasteiger partial charge on any atom is -0.383 e. The van der Waals surface area contributed by atoms with E-state index in [1.54, 1.807) is 7.11 Å². The van der Waals surface area contributed by atoms with Gasteiger partial charge >= 0.3 is 0 Å². The molecule has 1 aliphatic rings. The number of nitrogens with zero attached hydrogens (tertiary/aromatic N) is 1. The fourth-order valence-electron chi connectivity index (χ4n) is 1.32. The van der Waals surface area contributed by atoms with Crippen molar-refractivity contribution in [3.63, 3.8) is 0 Å². The molecule has 3 heteroatoms. The number of ether oxygens (including phenoxy) is 1. The van der Waals surface area contributed by atoms with Crippen molar-refractivity contribution < 1.29 is 4.74 Å². The van der Waals surface area contributed by atoms with Crippen LogP contribution in [-0.4, -0.2) is 29.4 Å². The summed E-state index contributed by atoms with van der Waals surface area (Å²) in [5.74, 6) is 0. The maximum Gasteiger partial charge on any atom is 0.0626 e. The maximum absolute atomic E-state index is 5.11. The normalized spacial score (nSPS) is 28.8. The zero-order valence-corrected chi connectivity index (χ0v) is 8.50. The first-order chi connectivity index (χ1) is 4.84. The van der Waals surface area contributed by atoms with Crippen LogP contribution in [-0.2, 0) is 4.74 Å². The molecule has 0 bridgehead atoms. The second kappa shape index (κ2) is 4.51. The fourth-order valence-corrected chi connectivity index (χ4v) is 2.10. The van der Waals surface area contributed by atoms with Gasteiger partial charge in [-0.3, -0.25) is 0 Å². The van der Waals surface area contributed by atoms with Crippen LogP contribution >= 0.6 is 22.9 Å². The van der Waals surface area contributed by atoms with Gasteiger partial charge in [0, 0.05) is 42.6 Å². The van der Waals surface area contributed by atoms with Gasteiger partial charge in [0.25, 0.3) is 0 Å². The van der Waals surface area contributed by atoms with Crippen LogP contribution in [0.1, 0.15) is 19.3 Å². The Bertz CT molecular complexity index is 97.6. The van der Waals surface area contributed by atoms with Gasteiger partial charge in [0.1, 0.15) is 0 Å². The Hall–Kier alpha value is 0.650. The SMILES string of the molecule is COCC1CCCCN1I. The molecule has 1 unspecified atom stereocenters. The molecule has 0 aliphatic carbocycles. The second-order valence-electron chi connectivity index (χ2n) is 2.73. The molecule has 1 rings (SSSR count). The van der Waals surface area contributed by atoms with E-state index in [9.17, 15) is 0 Å². The van der Waals surface area contributed by atoms with E-state index in [1.807, 2.05) is 0 Å². The van der Waals surface area contributed by atoms with E-state index in [2.05, 4.69) is 26.0 Å². The highest BCUT2D eigenvalue weighted by Crippen LogP contribution is 2.20. The number of halogens is 1. The molecule has 2 nitrogen and oxygen atoms in total. The molecule has 1 saturated heterocycles. The highest BCUT2D eigenvalue weighted by atomic mass is 127. The lowest BCUT2D eigenvalue weighted by Crippen LogP contribution is -2.34. The van der Waals surface area contributed by atoms with Gasteiger partial charge in [-0.1, -0.05) is 6.42 Å². The largest absolute Gasteiger partial charge is 0.383 e. The Labute approximate surface area is 76.4 Å². The predicted octanol–water partition coefficient (Wildman–Crippen LogP) is 1.84. The average molecular weight is 255 g/mol. The van der Waals surface area contributed by atoms with Crippen molar-refractivity contribution >= 4 is 22.9 Å². The molecular weight excluding hydrogens is 241 g/mol. The molecule has 1 fully saturated rings. The molecule has 0 aromatic carbocycles. The van der Waals surface area contributed by atoms with Gasteiger partial charge in [-0.25, -0.2) is 3.11 Å². The first-order valence-electron chi connectivity index (χ1n) is 3.76. The standard InChI is InChI=1S/C7H14INO/c1-10-6-7-4-2-3-5-9(7)8/h7H,2-6H2,1H3. The molecule has 1 aliphatic heterocycles. The Morgan fingerprint density at radius 2 is 2.40 bits per heavy atom. The maximum atomic E-state index is 5.11. The molecule has 0 saturated carbocycles. The van der Waals surface area contributed by atoms with E-state index in [4.69, 9.17) is 4.74 Å². The van der Waals surface area contributed by atoms with Gasteiger partial charge in [-0.2, -0.15) is 0 Å². The lowest BCUT2D eigenvalue weighted by molar-refractivity contribution is 0.126. The van der Waals surface area contributed by atoms with Crippen LogP contribution in [0, 0.1) is 0 Å². The first-order valence-corrected chi connectivity index (χ1v) is 4.72. The van der Waals surface area contributed by atoms with E-state index in [-0.39, 0.29) is 0 Å². The molecule has 0 N–H and O–H groups in total. The topological polar surface area (TPSA) is 12.5 Å². The lowest BCUT2D eigenvalue weighted by Gasteiger charge is -2.29. The summed E-state index contributed by atoms with van der Waals surface area (Å²) < 4.78 is 7.47. The minimum atomic E-state index is 0.666. The third kappa shape index (κ3) is 2.36. The molecule has 0 aromatic heterocycles. The third-order valence-electron chi connectivity index (χ3n) is 1.91. The van der Waals surface area contributed by atoms with Crippen molar-refractivity contribution in [1.29, 1.82) is 0 Å². The number of hydrogen-bond donors (Lipinski definition) is 0. The molecule has 0 amide bonds. The summed E-state index contributed by atoms with van der Waals surface area (Å²) in [6.07, 6.45) is 4.02. The Morgan fingerprint density at radius 1 is 1.60 bits per heavy atom. The minimum absolute atomic E-state index is 0.666. The van der Waals surface area contributed by atoms with Gasteiger partial charge < -0.3 is 4.74 Å². The summed E-state index contributed by atoms with van der Waals surface area (Å²) in [6, 6.07) is 0.666. The van der Waals surface area contributed by atoms with Crippen molar-refractivity contribution in [2.24, 2.45) is 0 Å². The van der Waals surface area contributed by atoms with Crippen molar-refractivity contribution in [3.8, 4) is 0 Å². The van der Waals surface area contributed by atoms with Gasteiger partial charge in [0.2, 0.25) is 0 Å². The van der Waals surface area contributed by atoms with Crippen LogP contribution in [0.4, 0.5) is 0 Å². The molecule has 0 spiro atoms. The van der Waals surface area contributed by atoms with Crippen LogP contribution in [0.3, 0.4) is 0 Å². The zero-order chi connectivity index (χ0) is 7.40. The fraction of sp³-hybridized carbons (Fsp3) is 1.00. The Morgan fingerprint density at radius 3 is 3.00 bits per heavy atom. The van der Waals surface area contributed by atoms with E-state index < -0.39 is 0 Å². The molecular formula is C7H14INO. The van der Waals surface area contributed by atoms with E-state index >= 15 is 0 Å². The van der Waals surface area contributed by atoms with Crippen LogP contribution in [0.25, 0.3) is 0 Å². The van der Waals surface area contributed by atoms with Crippen molar-refractivity contribution in [3.05, 3.63) is 0 Å². The second-order valence-corrected chi connectivity index (χ2v) is 3.97. The summed E-state index contributed by atoms with van der Waals surface area (Å²) in [5, 5.41) is 0. The van der Waals surface area contributed by atoms with E-state index in [0.29, 0.717) is 6.04 Å². The number of methoxy groups -OCH3 is 1. The highest BCUT2D eigenvalue weighted by Gasteiger charge is 2.19. The van der Waals surface area contributed by atoms with Crippen molar-refractivity contribution in [1.82, 2.24) is 3.11 Å². The van der Waals surface area contributed by atoms with Crippen molar-refractivity contribution in [2.45, 2.75) is 25.3 Å². The molecule has 1 atom stereocenters. The van der Waals surface area contributed by atoms with Gasteiger partial charge in [-0.05, 0) is 12.8 Å². The summed E-state index contributed by atoms with van der Waals surface area (Å²) >= 11 is 2.40. The van der Waals surface area contributed by atoms with Crippen LogP contribution in [0.15, 0.2) is 0 Å². The summed E-state index contributed by atoms with van der Waals surface area (Å²) in [5.41, 5.74) is 0. The first kappa shape index (κ1) is 8.74. The molecule has 60 valence electrons. The molecule has 0 radical (unpaired) electrons. The monoisotopic (exact) mass is 255 g/mol. The lowest BCUT2D eigenvalue weighted by atomic mass is 10.1. The number of hydrogen-bond acceptors (Lipinski definition) is 2. The van der Waals surface area contributed by atoms with Crippen LogP contribution in [0.5, 0.6) is 0 Å². The van der Waals surface area contributed by atoms with Crippen molar-refractivity contribution in [2.75, 3.05) is 20.3 Å². The van der Waals surface area contributed by atoms with Gasteiger partial charge in [0.15, 0.2) is 0 Å². The Kier molecular flexibility index (Phi) is 3.95. The number of piperidine rings is 1.